The van der Waals surface area contributed by atoms with E-state index >= 15 is 0 Å². The first-order chi connectivity index (χ1) is 14.6. The van der Waals surface area contributed by atoms with Crippen molar-refractivity contribution in [2.75, 3.05) is 4.72 Å². The summed E-state index contributed by atoms with van der Waals surface area (Å²) in [5, 5.41) is 13.7. The summed E-state index contributed by atoms with van der Waals surface area (Å²) in [6.07, 6.45) is 3.19. The molecule has 2 N–H and O–H groups in total. The molecule has 1 heterocycles. The molecule has 1 aliphatic carbocycles. The molecule has 0 atom stereocenters. The normalized spacial score (nSPS) is 14.4. The summed E-state index contributed by atoms with van der Waals surface area (Å²) < 4.78 is 30.0. The second kappa shape index (κ2) is 7.53. The highest BCUT2D eigenvalue weighted by molar-refractivity contribution is 7.92. The monoisotopic (exact) mass is 439 g/mol. The van der Waals surface area contributed by atoms with E-state index in [0.29, 0.717) is 17.1 Å². The van der Waals surface area contributed by atoms with E-state index in [1.807, 2.05) is 12.1 Å². The van der Waals surface area contributed by atoms with E-state index in [0.717, 1.165) is 18.4 Å². The fraction of sp³-hybridized carbons (Fsp3) is 0.304. The topological polar surface area (TPSA) is 101 Å². The molecule has 0 amide bonds. The number of aromatic nitrogens is 2. The molecule has 0 unspecified atom stereocenters. The van der Waals surface area contributed by atoms with Crippen LogP contribution in [0.5, 0.6) is 0 Å². The average Bonchev–Trinajstić information content (AvgIpc) is 3.44. The van der Waals surface area contributed by atoms with Crippen LogP contribution >= 0.6 is 0 Å². The highest BCUT2D eigenvalue weighted by Gasteiger charge is 2.33. The first-order valence-electron chi connectivity index (χ1n) is 10.1. The Bertz CT molecular complexity index is 1230. The smallest absolute Gasteiger partial charge is 0.339 e. The number of carbonyl (C=O) groups is 1. The minimum atomic E-state index is -3.77. The number of carboxylic acid groups (broad SMARTS) is 1. The van der Waals surface area contributed by atoms with Crippen molar-refractivity contribution in [2.24, 2.45) is 0 Å². The zero-order valence-corrected chi connectivity index (χ0v) is 18.5. The summed E-state index contributed by atoms with van der Waals surface area (Å²) in [6, 6.07) is 13.7. The fourth-order valence-corrected chi connectivity index (χ4v) is 4.58. The van der Waals surface area contributed by atoms with E-state index < -0.39 is 16.0 Å². The second-order valence-electron chi connectivity index (χ2n) is 8.86. The second-order valence-corrected chi connectivity index (χ2v) is 10.5. The van der Waals surface area contributed by atoms with E-state index in [4.69, 9.17) is 0 Å². The van der Waals surface area contributed by atoms with E-state index in [2.05, 4.69) is 30.6 Å². The zero-order valence-electron chi connectivity index (χ0n) is 17.7. The van der Waals surface area contributed by atoms with Crippen molar-refractivity contribution in [2.45, 2.75) is 49.8 Å². The van der Waals surface area contributed by atoms with Gasteiger partial charge in [0, 0.05) is 5.92 Å². The van der Waals surface area contributed by atoms with Crippen LogP contribution in [0.2, 0.25) is 0 Å². The van der Waals surface area contributed by atoms with E-state index in [-0.39, 0.29) is 21.8 Å². The Labute approximate surface area is 181 Å². The van der Waals surface area contributed by atoms with Gasteiger partial charge in [0.2, 0.25) is 0 Å². The Morgan fingerprint density at radius 1 is 1.13 bits per heavy atom. The summed E-state index contributed by atoms with van der Waals surface area (Å²) in [5.41, 5.74) is 2.82. The van der Waals surface area contributed by atoms with E-state index in [1.54, 1.807) is 41.1 Å². The van der Waals surface area contributed by atoms with Crippen molar-refractivity contribution < 1.29 is 18.3 Å². The lowest BCUT2D eigenvalue weighted by molar-refractivity contribution is 0.0695. The van der Waals surface area contributed by atoms with Gasteiger partial charge in [-0.2, -0.15) is 5.10 Å². The number of sulfonamides is 1. The van der Waals surface area contributed by atoms with Gasteiger partial charge in [-0.1, -0.05) is 39.0 Å². The summed E-state index contributed by atoms with van der Waals surface area (Å²) in [5.74, 6) is -0.848. The highest BCUT2D eigenvalue weighted by Crippen LogP contribution is 2.42. The molecule has 8 heteroatoms. The van der Waals surface area contributed by atoms with Gasteiger partial charge in [0.05, 0.1) is 28.2 Å². The average molecular weight is 440 g/mol. The van der Waals surface area contributed by atoms with Gasteiger partial charge in [0.15, 0.2) is 0 Å². The van der Waals surface area contributed by atoms with Gasteiger partial charge in [-0.3, -0.25) is 4.72 Å². The van der Waals surface area contributed by atoms with Gasteiger partial charge >= 0.3 is 5.97 Å². The van der Waals surface area contributed by atoms with Crippen molar-refractivity contribution in [3.8, 4) is 5.69 Å². The lowest BCUT2D eigenvalue weighted by Crippen LogP contribution is -2.15. The molecule has 0 radical (unpaired) electrons. The SMILES string of the molecule is CC(C)(C)c1ccc(S(=O)(=O)Nc2cccc(-n3ncc(C(=O)O)c3C3CC3)c2)cc1. The maximum absolute atomic E-state index is 12.9. The molecular weight excluding hydrogens is 414 g/mol. The Morgan fingerprint density at radius 3 is 2.39 bits per heavy atom. The number of nitrogens with one attached hydrogen (secondary N) is 1. The summed E-state index contributed by atoms with van der Waals surface area (Å²) >= 11 is 0. The molecule has 2 aromatic carbocycles. The van der Waals surface area contributed by atoms with Crippen LogP contribution in [-0.4, -0.2) is 29.3 Å². The molecule has 0 spiro atoms. The number of rotatable bonds is 6. The van der Waals surface area contributed by atoms with E-state index in [1.165, 1.54) is 6.20 Å². The molecule has 1 aromatic heterocycles. The van der Waals surface area contributed by atoms with E-state index in [9.17, 15) is 18.3 Å². The van der Waals surface area contributed by atoms with Gasteiger partial charge in [-0.15, -0.1) is 0 Å². The number of nitrogens with zero attached hydrogens (tertiary/aromatic N) is 2. The summed E-state index contributed by atoms with van der Waals surface area (Å²) in [4.78, 5) is 11.7. The molecule has 7 nitrogen and oxygen atoms in total. The van der Waals surface area contributed by atoms with Gasteiger partial charge in [-0.05, 0) is 54.2 Å². The van der Waals surface area contributed by atoms with Crippen molar-refractivity contribution >= 4 is 21.7 Å². The fourth-order valence-electron chi connectivity index (χ4n) is 3.53. The Kier molecular flexibility index (Phi) is 5.13. The van der Waals surface area contributed by atoms with Crippen LogP contribution in [0.25, 0.3) is 5.69 Å². The number of benzene rings is 2. The number of hydrogen-bond acceptors (Lipinski definition) is 4. The van der Waals surface area contributed by atoms with Crippen LogP contribution in [0, 0.1) is 0 Å². The minimum absolute atomic E-state index is 0.0676. The molecule has 0 saturated heterocycles. The molecule has 31 heavy (non-hydrogen) atoms. The van der Waals surface area contributed by atoms with Crippen molar-refractivity contribution in [1.29, 1.82) is 0 Å². The third kappa shape index (κ3) is 4.34. The third-order valence-corrected chi connectivity index (χ3v) is 6.77. The maximum atomic E-state index is 12.9. The van der Waals surface area contributed by atoms with Gasteiger partial charge in [0.1, 0.15) is 5.56 Å². The van der Waals surface area contributed by atoms with Crippen LogP contribution in [0.15, 0.2) is 59.6 Å². The summed E-state index contributed by atoms with van der Waals surface area (Å²) in [7, 11) is -3.77. The number of hydrogen-bond donors (Lipinski definition) is 2. The van der Waals surface area contributed by atoms with Crippen molar-refractivity contribution in [3.63, 3.8) is 0 Å². The molecule has 1 fully saturated rings. The number of aromatic carboxylic acids is 1. The first-order valence-corrected chi connectivity index (χ1v) is 11.6. The van der Waals surface area contributed by atoms with Crippen molar-refractivity contribution in [3.05, 3.63) is 71.5 Å². The molecule has 1 aliphatic rings. The molecule has 3 aromatic rings. The molecule has 162 valence electrons. The molecule has 4 rings (SSSR count). The zero-order chi connectivity index (χ0) is 22.4. The predicted molar refractivity (Wildman–Crippen MR) is 118 cm³/mol. The molecule has 0 aliphatic heterocycles. The first kappa shape index (κ1) is 21.1. The van der Waals surface area contributed by atoms with Crippen LogP contribution in [0.3, 0.4) is 0 Å². The van der Waals surface area contributed by atoms with Crippen molar-refractivity contribution in [1.82, 2.24) is 9.78 Å². The highest BCUT2D eigenvalue weighted by atomic mass is 32.2. The van der Waals surface area contributed by atoms with Gasteiger partial charge in [0.25, 0.3) is 10.0 Å². The quantitative estimate of drug-likeness (QED) is 0.587. The largest absolute Gasteiger partial charge is 0.478 e. The lowest BCUT2D eigenvalue weighted by atomic mass is 9.87. The molecule has 1 saturated carbocycles. The Balaban J connectivity index is 1.63. The van der Waals surface area contributed by atoms with Gasteiger partial charge in [-0.25, -0.2) is 17.9 Å². The number of anilines is 1. The Morgan fingerprint density at radius 2 is 1.81 bits per heavy atom. The predicted octanol–water partition coefficient (Wildman–Crippen LogP) is 4.55. The van der Waals surface area contributed by atoms with Crippen LogP contribution in [0.1, 0.15) is 61.1 Å². The lowest BCUT2D eigenvalue weighted by Gasteiger charge is -2.19. The molecule has 0 bridgehead atoms. The number of carboxylic acids is 1. The standard InChI is InChI=1S/C23H25N3O4S/c1-23(2,3)16-9-11-19(12-10-16)31(29,30)25-17-5-4-6-18(13-17)26-21(15-7-8-15)20(14-24-26)22(27)28/h4-6,9-15,25H,7-8H2,1-3H3,(H,27,28). The van der Waals surface area contributed by atoms with Crippen LogP contribution in [0.4, 0.5) is 5.69 Å². The maximum Gasteiger partial charge on any atom is 0.339 e. The molecular formula is C23H25N3O4S. The van der Waals surface area contributed by atoms with Crippen LogP contribution in [-0.2, 0) is 15.4 Å². The minimum Gasteiger partial charge on any atom is -0.478 e. The summed E-state index contributed by atoms with van der Waals surface area (Å²) in [6.45, 7) is 6.21. The van der Waals surface area contributed by atoms with Gasteiger partial charge < -0.3 is 5.11 Å². The van der Waals surface area contributed by atoms with Crippen LogP contribution < -0.4 is 4.72 Å². The third-order valence-electron chi connectivity index (χ3n) is 5.37. The Hall–Kier alpha value is -3.13.